The number of methoxy groups -OCH3 is 2. The Balaban J connectivity index is 1.85. The zero-order valence-corrected chi connectivity index (χ0v) is 17.2. The number of benzene rings is 2. The second-order valence-corrected chi connectivity index (χ2v) is 6.20. The zero-order valence-electron chi connectivity index (χ0n) is 17.2. The number of carbonyl (C=O) groups is 2. The molecule has 0 radical (unpaired) electrons. The molecule has 2 aromatic carbocycles. The summed E-state index contributed by atoms with van der Waals surface area (Å²) >= 11 is 0. The van der Waals surface area contributed by atoms with Crippen molar-refractivity contribution in [2.24, 2.45) is 0 Å². The highest BCUT2D eigenvalue weighted by Gasteiger charge is 2.05. The number of ether oxygens (including phenoxy) is 4. The number of carboxylic acids is 2. The maximum Gasteiger partial charge on any atom is 0.328 e. The predicted molar refractivity (Wildman–Crippen MR) is 115 cm³/mol. The van der Waals surface area contributed by atoms with Crippen molar-refractivity contribution in [2.45, 2.75) is 6.42 Å². The fourth-order valence-corrected chi connectivity index (χ4v) is 2.60. The second kappa shape index (κ2) is 11.9. The van der Waals surface area contributed by atoms with Crippen LogP contribution in [0.2, 0.25) is 0 Å². The Hall–Kier alpha value is -3.94. The number of aliphatic carboxylic acids is 2. The average molecular weight is 428 g/mol. The minimum Gasteiger partial charge on any atom is -0.496 e. The van der Waals surface area contributed by atoms with Gasteiger partial charge in [-0.15, -0.1) is 0 Å². The van der Waals surface area contributed by atoms with Gasteiger partial charge in [-0.1, -0.05) is 0 Å². The lowest BCUT2D eigenvalue weighted by Gasteiger charge is -2.12. The Morgan fingerprint density at radius 3 is 1.55 bits per heavy atom. The van der Waals surface area contributed by atoms with Crippen molar-refractivity contribution in [1.29, 1.82) is 0 Å². The average Bonchev–Trinajstić information content (AvgIpc) is 2.76. The van der Waals surface area contributed by atoms with E-state index >= 15 is 0 Å². The van der Waals surface area contributed by atoms with Crippen molar-refractivity contribution < 1.29 is 38.7 Å². The summed E-state index contributed by atoms with van der Waals surface area (Å²) in [5, 5.41) is 17.5. The van der Waals surface area contributed by atoms with Crippen LogP contribution < -0.4 is 18.9 Å². The van der Waals surface area contributed by atoms with Crippen LogP contribution in [-0.2, 0) is 9.59 Å². The number of carboxylic acid groups (broad SMARTS) is 2. The van der Waals surface area contributed by atoms with Gasteiger partial charge in [0.25, 0.3) is 0 Å². The summed E-state index contributed by atoms with van der Waals surface area (Å²) in [6, 6.07) is 10.3. The summed E-state index contributed by atoms with van der Waals surface area (Å²) in [6.07, 6.45) is 5.61. The Morgan fingerprint density at radius 2 is 1.19 bits per heavy atom. The monoisotopic (exact) mass is 428 g/mol. The van der Waals surface area contributed by atoms with Crippen molar-refractivity contribution in [3.63, 3.8) is 0 Å². The molecule has 2 N–H and O–H groups in total. The third kappa shape index (κ3) is 7.77. The van der Waals surface area contributed by atoms with Crippen LogP contribution in [0.25, 0.3) is 12.2 Å². The third-order valence-electron chi connectivity index (χ3n) is 4.05. The Kier molecular flexibility index (Phi) is 8.97. The molecule has 0 aliphatic carbocycles. The molecule has 164 valence electrons. The molecule has 8 heteroatoms. The molecule has 0 saturated carbocycles. The predicted octanol–water partition coefficient (Wildman–Crippen LogP) is 3.75. The van der Waals surface area contributed by atoms with Gasteiger partial charge in [0.15, 0.2) is 0 Å². The Morgan fingerprint density at radius 1 is 0.774 bits per heavy atom. The van der Waals surface area contributed by atoms with Crippen LogP contribution in [0.15, 0.2) is 48.6 Å². The maximum atomic E-state index is 10.7. The first-order chi connectivity index (χ1) is 14.9. The van der Waals surface area contributed by atoms with Gasteiger partial charge in [-0.3, -0.25) is 0 Å². The van der Waals surface area contributed by atoms with Crippen LogP contribution in [-0.4, -0.2) is 49.6 Å². The molecule has 0 aliphatic rings. The van der Waals surface area contributed by atoms with E-state index in [0.29, 0.717) is 53.8 Å². The summed E-state index contributed by atoms with van der Waals surface area (Å²) < 4.78 is 21.9. The van der Waals surface area contributed by atoms with Crippen LogP contribution in [0.3, 0.4) is 0 Å². The summed E-state index contributed by atoms with van der Waals surface area (Å²) in [4.78, 5) is 21.3. The largest absolute Gasteiger partial charge is 0.496 e. The molecule has 0 bridgehead atoms. The first-order valence-corrected chi connectivity index (χ1v) is 9.36. The van der Waals surface area contributed by atoms with E-state index in [2.05, 4.69) is 0 Å². The first kappa shape index (κ1) is 23.3. The van der Waals surface area contributed by atoms with Crippen molar-refractivity contribution in [2.75, 3.05) is 27.4 Å². The Bertz CT molecular complexity index is 885. The lowest BCUT2D eigenvalue weighted by molar-refractivity contribution is -0.132. The Labute approximate surface area is 179 Å². The SMILES string of the molecule is COc1cc(OCCCOc2ccc(C=CC(=O)O)c(OC)c2)ccc1C=CC(=O)O. The summed E-state index contributed by atoms with van der Waals surface area (Å²) in [5.41, 5.74) is 1.27. The van der Waals surface area contributed by atoms with E-state index < -0.39 is 11.9 Å². The van der Waals surface area contributed by atoms with Gasteiger partial charge in [0.2, 0.25) is 0 Å². The molecule has 31 heavy (non-hydrogen) atoms. The molecule has 2 aromatic rings. The van der Waals surface area contributed by atoms with E-state index in [4.69, 9.17) is 29.2 Å². The lowest BCUT2D eigenvalue weighted by atomic mass is 10.1. The van der Waals surface area contributed by atoms with Gasteiger partial charge >= 0.3 is 11.9 Å². The molecule has 2 rings (SSSR count). The van der Waals surface area contributed by atoms with Crippen molar-refractivity contribution in [3.05, 3.63) is 59.7 Å². The molecule has 0 atom stereocenters. The molecule has 0 unspecified atom stereocenters. The fourth-order valence-electron chi connectivity index (χ4n) is 2.60. The fraction of sp³-hybridized carbons (Fsp3) is 0.217. The molecule has 0 heterocycles. The maximum absolute atomic E-state index is 10.7. The quantitative estimate of drug-likeness (QED) is 0.388. The highest BCUT2D eigenvalue weighted by atomic mass is 16.5. The highest BCUT2D eigenvalue weighted by molar-refractivity contribution is 5.86. The van der Waals surface area contributed by atoms with Crippen molar-refractivity contribution in [1.82, 2.24) is 0 Å². The number of hydrogen-bond donors (Lipinski definition) is 2. The van der Waals surface area contributed by atoms with Crippen molar-refractivity contribution >= 4 is 24.1 Å². The standard InChI is InChI=1S/C23H24O8/c1-28-20-14-18(8-4-16(20)6-10-22(24)25)30-12-3-13-31-19-9-5-17(7-11-23(26)27)21(15-19)29-2/h4-11,14-15H,3,12-13H2,1-2H3,(H,24,25)(H,26,27). The van der Waals surface area contributed by atoms with Gasteiger partial charge in [-0.05, 0) is 36.4 Å². The third-order valence-corrected chi connectivity index (χ3v) is 4.05. The second-order valence-electron chi connectivity index (χ2n) is 6.20. The van der Waals surface area contributed by atoms with Crippen LogP contribution in [0.5, 0.6) is 23.0 Å². The smallest absolute Gasteiger partial charge is 0.328 e. The number of hydrogen-bond acceptors (Lipinski definition) is 6. The van der Waals surface area contributed by atoms with Gasteiger partial charge in [-0.2, -0.15) is 0 Å². The molecule has 8 nitrogen and oxygen atoms in total. The first-order valence-electron chi connectivity index (χ1n) is 9.36. The molecule has 0 saturated heterocycles. The van der Waals surface area contributed by atoms with E-state index in [-0.39, 0.29) is 0 Å². The minimum absolute atomic E-state index is 0.407. The van der Waals surface area contributed by atoms with Crippen molar-refractivity contribution in [3.8, 4) is 23.0 Å². The lowest BCUT2D eigenvalue weighted by Crippen LogP contribution is -2.05. The van der Waals surface area contributed by atoms with E-state index in [1.807, 2.05) is 0 Å². The van der Waals surface area contributed by atoms with Gasteiger partial charge in [-0.25, -0.2) is 9.59 Å². The van der Waals surface area contributed by atoms with Crippen LogP contribution in [0, 0.1) is 0 Å². The number of rotatable bonds is 12. The summed E-state index contributed by atoms with van der Waals surface area (Å²) in [5.74, 6) is 0.143. The van der Waals surface area contributed by atoms with Crippen LogP contribution in [0.1, 0.15) is 17.5 Å². The van der Waals surface area contributed by atoms with Gasteiger partial charge in [0, 0.05) is 41.8 Å². The molecule has 0 aliphatic heterocycles. The van der Waals surface area contributed by atoms with Crippen LogP contribution in [0.4, 0.5) is 0 Å². The van der Waals surface area contributed by atoms with Gasteiger partial charge in [0.1, 0.15) is 23.0 Å². The molecule has 0 aromatic heterocycles. The van der Waals surface area contributed by atoms with Gasteiger partial charge < -0.3 is 29.2 Å². The van der Waals surface area contributed by atoms with Gasteiger partial charge in [0.05, 0.1) is 27.4 Å². The van der Waals surface area contributed by atoms with E-state index in [1.54, 1.807) is 36.4 Å². The molecule has 0 fully saturated rings. The van der Waals surface area contributed by atoms with E-state index in [9.17, 15) is 9.59 Å². The van der Waals surface area contributed by atoms with Crippen LogP contribution >= 0.6 is 0 Å². The molecular weight excluding hydrogens is 404 g/mol. The minimum atomic E-state index is -1.04. The highest BCUT2D eigenvalue weighted by Crippen LogP contribution is 2.27. The molecular formula is C23H24O8. The molecule has 0 amide bonds. The summed E-state index contributed by atoms with van der Waals surface area (Å²) in [7, 11) is 3.00. The summed E-state index contributed by atoms with van der Waals surface area (Å²) in [6.45, 7) is 0.814. The van der Waals surface area contributed by atoms with E-state index in [0.717, 1.165) is 12.2 Å². The topological polar surface area (TPSA) is 112 Å². The zero-order chi connectivity index (χ0) is 22.6. The molecule has 0 spiro atoms. The normalized spacial score (nSPS) is 10.9. The van der Waals surface area contributed by atoms with E-state index in [1.165, 1.54) is 26.4 Å².